The van der Waals surface area contributed by atoms with Crippen LogP contribution in [0, 0.1) is 0 Å². The fourth-order valence-electron chi connectivity index (χ4n) is 1.98. The molecule has 3 rings (SSSR count). The number of carbonyl (C=O) groups is 1. The number of para-hydroxylation sites is 1. The minimum Gasteiger partial charge on any atom is -0.494 e. The second kappa shape index (κ2) is 6.85. The zero-order valence-electron chi connectivity index (χ0n) is 12.2. The minimum atomic E-state index is -0.280. The van der Waals surface area contributed by atoms with Crippen LogP contribution in [0.3, 0.4) is 0 Å². The van der Waals surface area contributed by atoms with Crippen LogP contribution in [0.15, 0.2) is 42.5 Å². The van der Waals surface area contributed by atoms with Gasteiger partial charge in [0.1, 0.15) is 17.0 Å². The number of amides is 1. The molecule has 1 heterocycles. The van der Waals surface area contributed by atoms with Crippen LogP contribution in [0.4, 0.5) is 5.13 Å². The first kappa shape index (κ1) is 15.6. The molecule has 0 radical (unpaired) electrons. The van der Waals surface area contributed by atoms with E-state index in [9.17, 15) is 4.79 Å². The highest BCUT2D eigenvalue weighted by atomic mass is 35.5. The summed E-state index contributed by atoms with van der Waals surface area (Å²) in [5.41, 5.74) is 0.730. The Morgan fingerprint density at radius 2 is 2.04 bits per heavy atom. The molecular formula is C16H13ClN2O3S. The SMILES string of the molecule is COc1cccc2sc(NC(=O)COc3ccc(Cl)cc3)nc12. The molecule has 0 bridgehead atoms. The predicted octanol–water partition coefficient (Wildman–Crippen LogP) is 3.98. The van der Waals surface area contributed by atoms with E-state index < -0.39 is 0 Å². The number of fused-ring (bicyclic) bond motifs is 1. The summed E-state index contributed by atoms with van der Waals surface area (Å²) in [6.07, 6.45) is 0. The van der Waals surface area contributed by atoms with Gasteiger partial charge in [0.25, 0.3) is 5.91 Å². The maximum absolute atomic E-state index is 12.0. The molecule has 0 unspecified atom stereocenters. The van der Waals surface area contributed by atoms with Gasteiger partial charge < -0.3 is 9.47 Å². The van der Waals surface area contributed by atoms with Gasteiger partial charge in [0.15, 0.2) is 11.7 Å². The number of thiazole rings is 1. The number of rotatable bonds is 5. The summed E-state index contributed by atoms with van der Waals surface area (Å²) in [7, 11) is 1.59. The lowest BCUT2D eigenvalue weighted by Gasteiger charge is -2.05. The zero-order chi connectivity index (χ0) is 16.2. The summed E-state index contributed by atoms with van der Waals surface area (Å²) in [5, 5.41) is 3.85. The molecule has 5 nitrogen and oxygen atoms in total. The van der Waals surface area contributed by atoms with Crippen molar-refractivity contribution in [3.63, 3.8) is 0 Å². The molecule has 1 N–H and O–H groups in total. The van der Waals surface area contributed by atoms with Crippen molar-refractivity contribution in [3.8, 4) is 11.5 Å². The van der Waals surface area contributed by atoms with Gasteiger partial charge in [-0.3, -0.25) is 10.1 Å². The normalized spacial score (nSPS) is 10.5. The quantitative estimate of drug-likeness (QED) is 0.757. The van der Waals surface area contributed by atoms with Crippen LogP contribution in [-0.4, -0.2) is 24.6 Å². The Morgan fingerprint density at radius 1 is 1.26 bits per heavy atom. The summed E-state index contributed by atoms with van der Waals surface area (Å²) in [5.74, 6) is 0.977. The van der Waals surface area contributed by atoms with Crippen LogP contribution in [-0.2, 0) is 4.79 Å². The monoisotopic (exact) mass is 348 g/mol. The highest BCUT2D eigenvalue weighted by Gasteiger charge is 2.11. The third kappa shape index (κ3) is 3.72. The summed E-state index contributed by atoms with van der Waals surface area (Å²) in [6, 6.07) is 12.5. The first-order chi connectivity index (χ1) is 11.2. The molecule has 0 fully saturated rings. The van der Waals surface area contributed by atoms with Gasteiger partial charge in [-0.1, -0.05) is 29.0 Å². The highest BCUT2D eigenvalue weighted by molar-refractivity contribution is 7.22. The van der Waals surface area contributed by atoms with Gasteiger partial charge in [-0.15, -0.1) is 0 Å². The van der Waals surface area contributed by atoms with Crippen LogP contribution in [0.5, 0.6) is 11.5 Å². The molecule has 0 aliphatic rings. The number of halogens is 1. The van der Waals surface area contributed by atoms with Crippen LogP contribution in [0.25, 0.3) is 10.2 Å². The number of hydrogen-bond acceptors (Lipinski definition) is 5. The van der Waals surface area contributed by atoms with Gasteiger partial charge in [0.05, 0.1) is 11.8 Å². The lowest BCUT2D eigenvalue weighted by atomic mass is 10.3. The molecule has 23 heavy (non-hydrogen) atoms. The Kier molecular flexibility index (Phi) is 4.64. The fraction of sp³-hybridized carbons (Fsp3) is 0.125. The van der Waals surface area contributed by atoms with Gasteiger partial charge in [-0.05, 0) is 36.4 Å². The number of aromatic nitrogens is 1. The minimum absolute atomic E-state index is 0.102. The Bertz CT molecular complexity index is 833. The third-order valence-electron chi connectivity index (χ3n) is 3.03. The molecule has 2 aromatic carbocycles. The number of benzene rings is 2. The molecule has 0 aliphatic heterocycles. The highest BCUT2D eigenvalue weighted by Crippen LogP contribution is 2.32. The molecule has 1 aromatic heterocycles. The fourth-order valence-corrected chi connectivity index (χ4v) is 3.00. The lowest BCUT2D eigenvalue weighted by molar-refractivity contribution is -0.118. The first-order valence-corrected chi connectivity index (χ1v) is 7.97. The summed E-state index contributed by atoms with van der Waals surface area (Å²) in [6.45, 7) is -0.102. The van der Waals surface area contributed by atoms with Crippen LogP contribution >= 0.6 is 22.9 Å². The topological polar surface area (TPSA) is 60.5 Å². The molecule has 0 atom stereocenters. The zero-order valence-corrected chi connectivity index (χ0v) is 13.8. The van der Waals surface area contributed by atoms with E-state index in [-0.39, 0.29) is 12.5 Å². The van der Waals surface area contributed by atoms with E-state index in [1.807, 2.05) is 18.2 Å². The molecule has 118 valence electrons. The van der Waals surface area contributed by atoms with E-state index in [0.29, 0.717) is 21.7 Å². The van der Waals surface area contributed by atoms with Crippen LogP contribution < -0.4 is 14.8 Å². The molecule has 0 saturated heterocycles. The molecule has 7 heteroatoms. The van der Waals surface area contributed by atoms with Crippen LogP contribution in [0.1, 0.15) is 0 Å². The molecule has 3 aromatic rings. The van der Waals surface area contributed by atoms with Crippen LogP contribution in [0.2, 0.25) is 5.02 Å². The Morgan fingerprint density at radius 3 is 2.78 bits per heavy atom. The maximum Gasteiger partial charge on any atom is 0.264 e. The van der Waals surface area contributed by atoms with E-state index in [1.54, 1.807) is 31.4 Å². The Balaban J connectivity index is 1.64. The second-order valence-electron chi connectivity index (χ2n) is 4.62. The first-order valence-electron chi connectivity index (χ1n) is 6.77. The van der Waals surface area contributed by atoms with E-state index in [0.717, 1.165) is 10.2 Å². The smallest absolute Gasteiger partial charge is 0.264 e. The molecular weight excluding hydrogens is 336 g/mol. The van der Waals surface area contributed by atoms with Gasteiger partial charge in [0, 0.05) is 5.02 Å². The Labute approximate surface area is 141 Å². The van der Waals surface area contributed by atoms with Crippen molar-refractivity contribution in [2.75, 3.05) is 19.0 Å². The van der Waals surface area contributed by atoms with Crippen molar-refractivity contribution in [2.24, 2.45) is 0 Å². The van der Waals surface area contributed by atoms with Crippen molar-refractivity contribution in [3.05, 3.63) is 47.5 Å². The number of hydrogen-bond donors (Lipinski definition) is 1. The summed E-state index contributed by atoms with van der Waals surface area (Å²) < 4.78 is 11.6. The molecule has 0 aliphatic carbocycles. The number of anilines is 1. The summed E-state index contributed by atoms with van der Waals surface area (Å²) in [4.78, 5) is 16.3. The maximum atomic E-state index is 12.0. The Hall–Kier alpha value is -2.31. The van der Waals surface area contributed by atoms with E-state index >= 15 is 0 Å². The van der Waals surface area contributed by atoms with Crippen molar-refractivity contribution in [1.29, 1.82) is 0 Å². The van der Waals surface area contributed by atoms with Gasteiger partial charge in [0.2, 0.25) is 0 Å². The molecule has 1 amide bonds. The lowest BCUT2D eigenvalue weighted by Crippen LogP contribution is -2.19. The predicted molar refractivity (Wildman–Crippen MR) is 91.7 cm³/mol. The third-order valence-corrected chi connectivity index (χ3v) is 4.22. The standard InChI is InChI=1S/C16H13ClN2O3S/c1-21-12-3-2-4-13-15(12)19-16(23-13)18-14(20)9-22-11-7-5-10(17)6-8-11/h2-8H,9H2,1H3,(H,18,19,20). The van der Waals surface area contributed by atoms with Crippen molar-refractivity contribution >= 4 is 44.2 Å². The number of ether oxygens (including phenoxy) is 2. The summed E-state index contributed by atoms with van der Waals surface area (Å²) >= 11 is 7.18. The average molecular weight is 349 g/mol. The number of carbonyl (C=O) groups excluding carboxylic acids is 1. The van der Waals surface area contributed by atoms with Crippen molar-refractivity contribution in [2.45, 2.75) is 0 Å². The number of methoxy groups -OCH3 is 1. The van der Waals surface area contributed by atoms with E-state index in [4.69, 9.17) is 21.1 Å². The van der Waals surface area contributed by atoms with Crippen molar-refractivity contribution < 1.29 is 14.3 Å². The van der Waals surface area contributed by atoms with Gasteiger partial charge >= 0.3 is 0 Å². The largest absolute Gasteiger partial charge is 0.494 e. The van der Waals surface area contributed by atoms with E-state index in [1.165, 1.54) is 11.3 Å². The van der Waals surface area contributed by atoms with Gasteiger partial charge in [-0.2, -0.15) is 0 Å². The van der Waals surface area contributed by atoms with Crippen molar-refractivity contribution in [1.82, 2.24) is 4.98 Å². The van der Waals surface area contributed by atoms with Gasteiger partial charge in [-0.25, -0.2) is 4.98 Å². The number of nitrogens with one attached hydrogen (secondary N) is 1. The average Bonchev–Trinajstić information content (AvgIpc) is 2.96. The second-order valence-corrected chi connectivity index (χ2v) is 6.08. The molecule has 0 spiro atoms. The number of nitrogens with zero attached hydrogens (tertiary/aromatic N) is 1. The van der Waals surface area contributed by atoms with E-state index in [2.05, 4.69) is 10.3 Å². The molecule has 0 saturated carbocycles.